The van der Waals surface area contributed by atoms with Crippen molar-refractivity contribution in [3.05, 3.63) is 109 Å². The van der Waals surface area contributed by atoms with Crippen LogP contribution in [0.1, 0.15) is 239 Å². The molecule has 0 aliphatic carbocycles. The number of hydrogen-bond acceptors (Lipinski definition) is 8. The van der Waals surface area contributed by atoms with Gasteiger partial charge in [0.05, 0.1) is 40.3 Å². The van der Waals surface area contributed by atoms with E-state index in [2.05, 4.69) is 123 Å². The zero-order chi connectivity index (χ0) is 55.5. The van der Waals surface area contributed by atoms with Gasteiger partial charge in [0.1, 0.15) is 13.2 Å². The summed E-state index contributed by atoms with van der Waals surface area (Å²) >= 11 is 0. The first-order chi connectivity index (χ1) is 37.1. The third-order valence-electron chi connectivity index (χ3n) is 12.8. The Hall–Kier alpha value is -4.05. The Morgan fingerprint density at radius 2 is 0.750 bits per heavy atom. The van der Waals surface area contributed by atoms with Crippen LogP contribution in [0.2, 0.25) is 0 Å². The number of nitrogens with zero attached hydrogens (tertiary/aromatic N) is 1. The molecule has 434 valence electrons. The molecular formula is C67H113NO8. The molecule has 0 rings (SSSR count). The molecule has 0 fully saturated rings. The topological polar surface area (TPSA) is 111 Å². The molecule has 2 atom stereocenters. The lowest BCUT2D eigenvalue weighted by molar-refractivity contribution is -0.870. The van der Waals surface area contributed by atoms with E-state index in [0.717, 1.165) is 96.3 Å². The summed E-state index contributed by atoms with van der Waals surface area (Å²) in [6.07, 6.45) is 75.9. The summed E-state index contributed by atoms with van der Waals surface area (Å²) in [7, 11) is 5.91. The lowest BCUT2D eigenvalue weighted by Gasteiger charge is -2.26. The van der Waals surface area contributed by atoms with E-state index in [0.29, 0.717) is 23.9 Å². The molecule has 76 heavy (non-hydrogen) atoms. The fourth-order valence-corrected chi connectivity index (χ4v) is 8.12. The van der Waals surface area contributed by atoms with Crippen molar-refractivity contribution in [3.63, 3.8) is 0 Å². The molecule has 0 heterocycles. The predicted molar refractivity (Wildman–Crippen MR) is 320 cm³/mol. The van der Waals surface area contributed by atoms with Crippen LogP contribution in [0.25, 0.3) is 0 Å². The summed E-state index contributed by atoms with van der Waals surface area (Å²) < 4.78 is 22.6. The summed E-state index contributed by atoms with van der Waals surface area (Å²) in [5.74, 6) is -2.29. The van der Waals surface area contributed by atoms with Crippen molar-refractivity contribution in [2.24, 2.45) is 0 Å². The molecule has 0 aromatic carbocycles. The van der Waals surface area contributed by atoms with Crippen LogP contribution in [-0.4, -0.2) is 82.3 Å². The zero-order valence-electron chi connectivity index (χ0n) is 49.3. The molecule has 0 spiro atoms. The van der Waals surface area contributed by atoms with Crippen LogP contribution >= 0.6 is 0 Å². The second-order valence-electron chi connectivity index (χ2n) is 21.3. The fourth-order valence-electron chi connectivity index (χ4n) is 8.12. The molecule has 0 aliphatic heterocycles. The molecule has 0 saturated heterocycles. The molecule has 0 aromatic heterocycles. The van der Waals surface area contributed by atoms with Crippen molar-refractivity contribution in [1.82, 2.24) is 0 Å². The molecule has 9 heteroatoms. The number of allylic oxidation sites excluding steroid dienone is 18. The summed E-state index contributed by atoms with van der Waals surface area (Å²) in [6, 6.07) is 0. The van der Waals surface area contributed by atoms with E-state index in [9.17, 15) is 19.5 Å². The number of rotatable bonds is 55. The molecule has 0 aromatic rings. The van der Waals surface area contributed by atoms with E-state index in [-0.39, 0.29) is 32.2 Å². The number of unbranched alkanes of at least 4 members (excludes halogenated alkanes) is 22. The SMILES string of the molecule is CC/C=C\C/C=C\C/C=C\C/C=C\C/C=C\C/C=C\C/C=C\C/C=C\C/C=C\CCCCCCCCCCCCCCCC(=O)OC(COC(=O)CCCCCCCCCCCC)COC(OCC[N+](C)(C)C)C(=O)[O-]. The Morgan fingerprint density at radius 3 is 1.12 bits per heavy atom. The molecule has 0 radical (unpaired) electrons. The summed E-state index contributed by atoms with van der Waals surface area (Å²) in [6.45, 7) is 4.61. The third kappa shape index (κ3) is 57.7. The Labute approximate surface area is 466 Å². The van der Waals surface area contributed by atoms with Gasteiger partial charge < -0.3 is 33.3 Å². The largest absolute Gasteiger partial charge is 0.545 e. The lowest BCUT2D eigenvalue weighted by atomic mass is 10.0. The molecular weight excluding hydrogens is 947 g/mol. The van der Waals surface area contributed by atoms with Crippen LogP contribution in [0.3, 0.4) is 0 Å². The lowest BCUT2D eigenvalue weighted by Crippen LogP contribution is -2.44. The Morgan fingerprint density at radius 1 is 0.408 bits per heavy atom. The van der Waals surface area contributed by atoms with Gasteiger partial charge in [0, 0.05) is 12.8 Å². The van der Waals surface area contributed by atoms with E-state index in [4.69, 9.17) is 18.9 Å². The highest BCUT2D eigenvalue weighted by molar-refractivity contribution is 5.70. The first-order valence-electron chi connectivity index (χ1n) is 30.5. The number of likely N-dealkylation sites (N-methyl/N-ethyl adjacent to an activating group) is 1. The molecule has 0 aliphatic rings. The van der Waals surface area contributed by atoms with E-state index in [1.165, 1.54) is 109 Å². The molecule has 0 N–H and O–H groups in total. The van der Waals surface area contributed by atoms with E-state index in [1.807, 2.05) is 21.1 Å². The number of ether oxygens (including phenoxy) is 4. The fraction of sp³-hybridized carbons (Fsp3) is 0.687. The van der Waals surface area contributed by atoms with Gasteiger partial charge in [-0.2, -0.15) is 0 Å². The Bertz CT molecular complexity index is 1610. The Kier molecular flexibility index (Phi) is 54.1. The van der Waals surface area contributed by atoms with Gasteiger partial charge in [-0.1, -0.05) is 252 Å². The van der Waals surface area contributed by atoms with Gasteiger partial charge in [-0.3, -0.25) is 9.59 Å². The minimum absolute atomic E-state index is 0.145. The summed E-state index contributed by atoms with van der Waals surface area (Å²) in [4.78, 5) is 37.1. The number of carboxylic acid groups (broad SMARTS) is 1. The van der Waals surface area contributed by atoms with E-state index in [1.54, 1.807) is 0 Å². The van der Waals surface area contributed by atoms with Gasteiger partial charge in [0.2, 0.25) is 0 Å². The van der Waals surface area contributed by atoms with Gasteiger partial charge in [-0.15, -0.1) is 0 Å². The quantitative estimate of drug-likeness (QED) is 0.0195. The van der Waals surface area contributed by atoms with Crippen LogP contribution in [0, 0.1) is 0 Å². The van der Waals surface area contributed by atoms with E-state index >= 15 is 0 Å². The highest BCUT2D eigenvalue weighted by atomic mass is 16.7. The van der Waals surface area contributed by atoms with Crippen molar-refractivity contribution in [1.29, 1.82) is 0 Å². The maximum absolute atomic E-state index is 12.8. The third-order valence-corrected chi connectivity index (χ3v) is 12.8. The number of carbonyl (C=O) groups is 3. The van der Waals surface area contributed by atoms with Crippen LogP contribution in [0.15, 0.2) is 109 Å². The first kappa shape index (κ1) is 72.0. The number of esters is 2. The maximum Gasteiger partial charge on any atom is 0.306 e. The maximum atomic E-state index is 12.8. The van der Waals surface area contributed by atoms with Crippen molar-refractivity contribution in [3.8, 4) is 0 Å². The number of aliphatic carboxylic acids is 1. The first-order valence-corrected chi connectivity index (χ1v) is 30.5. The van der Waals surface area contributed by atoms with Crippen molar-refractivity contribution >= 4 is 17.9 Å². The standard InChI is InChI=1S/C67H113NO8/c1-6-8-10-12-14-16-18-19-20-21-22-23-24-25-26-27-28-29-30-31-32-33-34-35-36-37-38-39-40-41-42-43-44-45-46-47-48-50-52-54-56-58-65(70)76-63(62-75-67(66(71)72)73-60-59-68(3,4)5)61-74-64(69)57-55-53-51-49-17-15-13-11-9-7-2/h8,10,14,16,19-20,22-23,25-26,28-29,31-32,34-35,37-38,63,67H,6-7,9,11-13,15,17-18,21,24,27,30,33,36,39-62H2,1-5H3/b10-8-,16-14-,20-19-,23-22-,26-25-,29-28-,32-31-,35-34-,38-37-. The van der Waals surface area contributed by atoms with Crippen LogP contribution < -0.4 is 5.11 Å². The number of hydrogen-bond donors (Lipinski definition) is 0. The van der Waals surface area contributed by atoms with Crippen LogP contribution in [0.5, 0.6) is 0 Å². The molecule has 9 nitrogen and oxygen atoms in total. The van der Waals surface area contributed by atoms with Gasteiger partial charge in [-0.25, -0.2) is 0 Å². The second-order valence-corrected chi connectivity index (χ2v) is 21.3. The van der Waals surface area contributed by atoms with Crippen LogP contribution in [-0.2, 0) is 33.3 Å². The monoisotopic (exact) mass is 1060 g/mol. The molecule has 2 unspecified atom stereocenters. The minimum Gasteiger partial charge on any atom is -0.545 e. The average molecular weight is 1060 g/mol. The zero-order valence-corrected chi connectivity index (χ0v) is 49.3. The summed E-state index contributed by atoms with van der Waals surface area (Å²) in [5, 5.41) is 11.7. The average Bonchev–Trinajstić information content (AvgIpc) is 3.39. The van der Waals surface area contributed by atoms with Gasteiger partial charge in [-0.05, 0) is 83.5 Å². The van der Waals surface area contributed by atoms with Crippen LogP contribution in [0.4, 0.5) is 0 Å². The van der Waals surface area contributed by atoms with Crippen molar-refractivity contribution < 1.29 is 42.9 Å². The molecule has 0 amide bonds. The normalized spacial score (nSPS) is 13.5. The molecule has 0 saturated carbocycles. The second kappa shape index (κ2) is 57.1. The minimum atomic E-state index is -1.62. The predicted octanol–water partition coefficient (Wildman–Crippen LogP) is 17.0. The van der Waals surface area contributed by atoms with Crippen molar-refractivity contribution in [2.75, 3.05) is 47.5 Å². The van der Waals surface area contributed by atoms with Gasteiger partial charge in [0.25, 0.3) is 0 Å². The van der Waals surface area contributed by atoms with Gasteiger partial charge >= 0.3 is 11.9 Å². The Balaban J connectivity index is 4.03. The molecule has 0 bridgehead atoms. The number of carboxylic acids is 1. The summed E-state index contributed by atoms with van der Waals surface area (Å²) in [5.41, 5.74) is 0. The number of quaternary nitrogens is 1. The van der Waals surface area contributed by atoms with Gasteiger partial charge in [0.15, 0.2) is 12.4 Å². The van der Waals surface area contributed by atoms with E-state index < -0.39 is 24.3 Å². The number of carbonyl (C=O) groups excluding carboxylic acids is 3. The highest BCUT2D eigenvalue weighted by Crippen LogP contribution is 2.16. The highest BCUT2D eigenvalue weighted by Gasteiger charge is 2.22. The smallest absolute Gasteiger partial charge is 0.306 e. The van der Waals surface area contributed by atoms with Crippen molar-refractivity contribution in [2.45, 2.75) is 251 Å².